The Bertz CT molecular complexity index is 1250. The van der Waals surface area contributed by atoms with Gasteiger partial charge in [-0.05, 0) is 37.6 Å². The van der Waals surface area contributed by atoms with Gasteiger partial charge < -0.3 is 24.5 Å². The molecule has 2 heterocycles. The third-order valence-electron chi connectivity index (χ3n) is 5.60. The topological polar surface area (TPSA) is 110 Å². The van der Waals surface area contributed by atoms with Crippen molar-refractivity contribution < 1.29 is 27.1 Å². The summed E-state index contributed by atoms with van der Waals surface area (Å²) in [6, 6.07) is 13.4. The Balaban J connectivity index is 1.42. The van der Waals surface area contributed by atoms with E-state index < -0.39 is 22.1 Å². The molecule has 0 bridgehead atoms. The predicted molar refractivity (Wildman–Crippen MR) is 127 cm³/mol. The normalized spacial score (nSPS) is 15.7. The Labute approximate surface area is 199 Å². The van der Waals surface area contributed by atoms with Crippen LogP contribution in [0.2, 0.25) is 0 Å². The third kappa shape index (κ3) is 5.19. The number of urea groups is 1. The van der Waals surface area contributed by atoms with E-state index >= 15 is 0 Å². The molecule has 2 amide bonds. The fourth-order valence-electron chi connectivity index (χ4n) is 3.86. The number of para-hydroxylation sites is 1. The molecule has 34 heavy (non-hydrogen) atoms. The quantitative estimate of drug-likeness (QED) is 0.504. The number of sulfonamides is 1. The highest BCUT2D eigenvalue weighted by Gasteiger charge is 2.28. The summed E-state index contributed by atoms with van der Waals surface area (Å²) in [4.78, 5) is 12.8. The van der Waals surface area contributed by atoms with Crippen LogP contribution in [0.4, 0.5) is 4.79 Å². The number of amides is 2. The van der Waals surface area contributed by atoms with Crippen molar-refractivity contribution in [1.29, 1.82) is 0 Å². The number of rotatable bonds is 8. The lowest BCUT2D eigenvalue weighted by Crippen LogP contribution is -2.41. The van der Waals surface area contributed by atoms with Gasteiger partial charge in [0.05, 0.1) is 30.8 Å². The molecule has 0 spiro atoms. The molecule has 2 aromatic carbocycles. The molecular formula is C24H29N3O6S. The first-order valence-corrected chi connectivity index (χ1v) is 12.7. The molecular weight excluding hydrogens is 458 g/mol. The fraction of sp³-hybridized carbons (Fsp3) is 0.375. The Morgan fingerprint density at radius 3 is 2.68 bits per heavy atom. The molecule has 1 aliphatic heterocycles. The summed E-state index contributed by atoms with van der Waals surface area (Å²) in [6.07, 6.45) is 0. The first kappa shape index (κ1) is 24.1. The number of hydrogen-bond donors (Lipinski definition) is 2. The highest BCUT2D eigenvalue weighted by Crippen LogP contribution is 2.31. The number of ether oxygens (including phenoxy) is 2. The molecule has 1 atom stereocenters. The molecule has 0 radical (unpaired) electrons. The van der Waals surface area contributed by atoms with Gasteiger partial charge in [-0.2, -0.15) is 4.31 Å². The van der Waals surface area contributed by atoms with Crippen molar-refractivity contribution in [3.63, 3.8) is 0 Å². The minimum absolute atomic E-state index is 0.0624. The number of carbonyl (C=O) groups excluding carboxylic acids is 1. The molecule has 0 aliphatic carbocycles. The summed E-state index contributed by atoms with van der Waals surface area (Å²) >= 11 is 0. The number of nitrogens with zero attached hydrogens (tertiary/aromatic N) is 1. The van der Waals surface area contributed by atoms with Crippen molar-refractivity contribution in [2.45, 2.75) is 31.3 Å². The average Bonchev–Trinajstić information content (AvgIpc) is 3.29. The van der Waals surface area contributed by atoms with Gasteiger partial charge in [0.15, 0.2) is 11.3 Å². The number of hydrogen-bond acceptors (Lipinski definition) is 6. The van der Waals surface area contributed by atoms with E-state index in [4.69, 9.17) is 13.9 Å². The molecule has 1 fully saturated rings. The second kappa shape index (κ2) is 10.5. The van der Waals surface area contributed by atoms with Gasteiger partial charge in [0.1, 0.15) is 5.76 Å². The molecule has 3 aromatic rings. The lowest BCUT2D eigenvalue weighted by atomic mass is 10.2. The van der Waals surface area contributed by atoms with Crippen LogP contribution >= 0.6 is 0 Å². The fourth-order valence-corrected chi connectivity index (χ4v) is 5.49. The van der Waals surface area contributed by atoms with Crippen LogP contribution in [0, 0.1) is 0 Å². The number of fused-ring (bicyclic) bond motifs is 1. The van der Waals surface area contributed by atoms with Crippen molar-refractivity contribution >= 4 is 27.0 Å². The summed E-state index contributed by atoms with van der Waals surface area (Å²) in [6.45, 7) is 5.66. The largest absolute Gasteiger partial charge is 0.490 e. The summed E-state index contributed by atoms with van der Waals surface area (Å²) in [5.41, 5.74) is 1.15. The van der Waals surface area contributed by atoms with Gasteiger partial charge in [0, 0.05) is 25.0 Å². The maximum atomic E-state index is 13.1. The van der Waals surface area contributed by atoms with Gasteiger partial charge in [0.2, 0.25) is 10.0 Å². The zero-order valence-electron chi connectivity index (χ0n) is 19.2. The van der Waals surface area contributed by atoms with E-state index in [2.05, 4.69) is 10.6 Å². The van der Waals surface area contributed by atoms with Crippen molar-refractivity contribution in [2.75, 3.05) is 32.9 Å². The molecule has 4 rings (SSSR count). The van der Waals surface area contributed by atoms with E-state index in [0.29, 0.717) is 55.6 Å². The van der Waals surface area contributed by atoms with Crippen LogP contribution in [0.5, 0.6) is 5.75 Å². The summed E-state index contributed by atoms with van der Waals surface area (Å²) in [5.74, 6) is 1.24. The van der Waals surface area contributed by atoms with Crippen LogP contribution in [0.1, 0.15) is 31.2 Å². The standard InChI is InChI=1S/C24H29N3O6S/c1-3-32-20-9-6-8-18-15-21(33-23(18)20)17(2)26-24(28)25-16-19-7-4-5-10-22(19)34(29,30)27-11-13-31-14-12-27/h4-10,15,17H,3,11-14,16H2,1-2H3,(H2,25,26,28)/t17-/m0/s1. The highest BCUT2D eigenvalue weighted by molar-refractivity contribution is 7.89. The molecule has 2 N–H and O–H groups in total. The Kier molecular flexibility index (Phi) is 7.40. The third-order valence-corrected chi connectivity index (χ3v) is 7.60. The first-order chi connectivity index (χ1) is 16.4. The van der Waals surface area contributed by atoms with E-state index in [9.17, 15) is 13.2 Å². The Morgan fingerprint density at radius 2 is 1.91 bits per heavy atom. The Hall–Kier alpha value is -3.08. The molecule has 1 aliphatic rings. The van der Waals surface area contributed by atoms with Crippen LogP contribution in [0.15, 0.2) is 57.8 Å². The van der Waals surface area contributed by atoms with Crippen LogP contribution in [-0.2, 0) is 21.3 Å². The van der Waals surface area contributed by atoms with E-state index in [1.54, 1.807) is 24.3 Å². The maximum Gasteiger partial charge on any atom is 0.315 e. The van der Waals surface area contributed by atoms with E-state index in [-0.39, 0.29) is 11.4 Å². The zero-order chi connectivity index (χ0) is 24.1. The summed E-state index contributed by atoms with van der Waals surface area (Å²) in [7, 11) is -3.68. The summed E-state index contributed by atoms with van der Waals surface area (Å²) < 4.78 is 44.4. The average molecular weight is 488 g/mol. The van der Waals surface area contributed by atoms with Crippen LogP contribution < -0.4 is 15.4 Å². The number of morpholine rings is 1. The lowest BCUT2D eigenvalue weighted by molar-refractivity contribution is 0.0730. The number of furan rings is 1. The lowest BCUT2D eigenvalue weighted by Gasteiger charge is -2.27. The van der Waals surface area contributed by atoms with E-state index in [0.717, 1.165) is 5.39 Å². The molecule has 0 unspecified atom stereocenters. The maximum absolute atomic E-state index is 13.1. The molecule has 1 aromatic heterocycles. The second-order valence-corrected chi connectivity index (χ2v) is 9.84. The van der Waals surface area contributed by atoms with E-state index in [1.165, 1.54) is 4.31 Å². The Morgan fingerprint density at radius 1 is 1.15 bits per heavy atom. The van der Waals surface area contributed by atoms with Gasteiger partial charge in [0.25, 0.3) is 0 Å². The van der Waals surface area contributed by atoms with Crippen LogP contribution in [0.3, 0.4) is 0 Å². The smallest absolute Gasteiger partial charge is 0.315 e. The van der Waals surface area contributed by atoms with E-state index in [1.807, 2.05) is 38.1 Å². The van der Waals surface area contributed by atoms with Gasteiger partial charge in [-0.25, -0.2) is 13.2 Å². The van der Waals surface area contributed by atoms with Crippen molar-refractivity contribution in [3.8, 4) is 5.75 Å². The van der Waals surface area contributed by atoms with Gasteiger partial charge >= 0.3 is 6.03 Å². The van der Waals surface area contributed by atoms with Gasteiger partial charge in [-0.3, -0.25) is 0 Å². The zero-order valence-corrected chi connectivity index (χ0v) is 20.1. The minimum atomic E-state index is -3.68. The highest BCUT2D eigenvalue weighted by atomic mass is 32.2. The SMILES string of the molecule is CCOc1cccc2cc([C@H](C)NC(=O)NCc3ccccc3S(=O)(=O)N3CCOCC3)oc12. The molecule has 0 saturated carbocycles. The number of carbonyl (C=O) groups is 1. The monoisotopic (exact) mass is 487 g/mol. The van der Waals surface area contributed by atoms with Crippen molar-refractivity contribution in [2.24, 2.45) is 0 Å². The van der Waals surface area contributed by atoms with Gasteiger partial charge in [-0.15, -0.1) is 0 Å². The first-order valence-electron chi connectivity index (χ1n) is 11.3. The molecule has 1 saturated heterocycles. The summed E-state index contributed by atoms with van der Waals surface area (Å²) in [5, 5.41) is 6.48. The van der Waals surface area contributed by atoms with Crippen molar-refractivity contribution in [3.05, 3.63) is 59.9 Å². The number of benzene rings is 2. The van der Waals surface area contributed by atoms with Crippen LogP contribution in [0.25, 0.3) is 11.0 Å². The minimum Gasteiger partial charge on any atom is -0.490 e. The number of nitrogens with one attached hydrogen (secondary N) is 2. The molecule has 10 heteroatoms. The van der Waals surface area contributed by atoms with Crippen molar-refractivity contribution in [1.82, 2.24) is 14.9 Å². The second-order valence-electron chi connectivity index (χ2n) is 7.93. The predicted octanol–water partition coefficient (Wildman–Crippen LogP) is 3.41. The molecule has 9 nitrogen and oxygen atoms in total. The van der Waals surface area contributed by atoms with Crippen LogP contribution in [-0.4, -0.2) is 51.7 Å². The molecule has 182 valence electrons. The van der Waals surface area contributed by atoms with Gasteiger partial charge in [-0.1, -0.05) is 30.3 Å².